The summed E-state index contributed by atoms with van der Waals surface area (Å²) in [5.74, 6) is -0.493. The van der Waals surface area contributed by atoms with Gasteiger partial charge in [0.25, 0.3) is 11.8 Å². The highest BCUT2D eigenvalue weighted by molar-refractivity contribution is 6.21. The Labute approximate surface area is 168 Å². The molecule has 1 N–H and O–H groups in total. The fourth-order valence-electron chi connectivity index (χ4n) is 3.48. The molecule has 0 aromatic heterocycles. The van der Waals surface area contributed by atoms with Gasteiger partial charge in [0.15, 0.2) is 0 Å². The van der Waals surface area contributed by atoms with Crippen LogP contribution in [0.1, 0.15) is 39.1 Å². The first-order chi connectivity index (χ1) is 13.9. The van der Waals surface area contributed by atoms with Crippen LogP contribution in [0.3, 0.4) is 0 Å². The highest BCUT2D eigenvalue weighted by Crippen LogP contribution is 2.28. The second-order valence-electron chi connectivity index (χ2n) is 7.11. The van der Waals surface area contributed by atoms with E-state index in [1.165, 1.54) is 7.05 Å². The van der Waals surface area contributed by atoms with E-state index in [1.54, 1.807) is 25.3 Å². The number of amides is 3. The molecule has 29 heavy (non-hydrogen) atoms. The third kappa shape index (κ3) is 3.23. The van der Waals surface area contributed by atoms with Gasteiger partial charge in [0.1, 0.15) is 5.75 Å². The summed E-state index contributed by atoms with van der Waals surface area (Å²) in [7, 11) is 3.07. The number of anilines is 1. The number of imide groups is 1. The summed E-state index contributed by atoms with van der Waals surface area (Å²) in [6.45, 7) is 1.83. The lowest BCUT2D eigenvalue weighted by Gasteiger charge is -2.14. The lowest BCUT2D eigenvalue weighted by molar-refractivity contribution is -0.117. The average Bonchev–Trinajstić information content (AvgIpc) is 2.96. The van der Waals surface area contributed by atoms with Gasteiger partial charge in [-0.2, -0.15) is 0 Å². The Kier molecular flexibility index (Phi) is 4.54. The maximum atomic E-state index is 12.8. The third-order valence-electron chi connectivity index (χ3n) is 5.32. The normalized spacial score (nSPS) is 14.1. The SMILES string of the molecule is COc1ccc2cc([C@H](C)C(=O)Nc3ccc4c(c3)C(=O)N(C)C4=O)ccc2c1. The van der Waals surface area contributed by atoms with E-state index in [0.29, 0.717) is 16.8 Å². The molecule has 4 rings (SSSR count). The first kappa shape index (κ1) is 18.7. The van der Waals surface area contributed by atoms with Gasteiger partial charge in [0, 0.05) is 12.7 Å². The second-order valence-corrected chi connectivity index (χ2v) is 7.11. The van der Waals surface area contributed by atoms with Crippen molar-refractivity contribution in [3.8, 4) is 5.75 Å². The fraction of sp³-hybridized carbons (Fsp3) is 0.174. The molecule has 3 aromatic carbocycles. The van der Waals surface area contributed by atoms with Gasteiger partial charge in [-0.15, -0.1) is 0 Å². The number of ether oxygens (including phenoxy) is 1. The van der Waals surface area contributed by atoms with Gasteiger partial charge >= 0.3 is 0 Å². The van der Waals surface area contributed by atoms with Crippen LogP contribution in [0.4, 0.5) is 5.69 Å². The number of hydrogen-bond acceptors (Lipinski definition) is 4. The number of fused-ring (bicyclic) bond motifs is 2. The molecule has 1 aliphatic rings. The molecule has 1 heterocycles. The Morgan fingerprint density at radius 2 is 1.62 bits per heavy atom. The van der Waals surface area contributed by atoms with Crippen LogP contribution in [-0.4, -0.2) is 36.8 Å². The second kappa shape index (κ2) is 7.05. The molecule has 146 valence electrons. The van der Waals surface area contributed by atoms with Crippen molar-refractivity contribution in [2.24, 2.45) is 0 Å². The van der Waals surface area contributed by atoms with Crippen molar-refractivity contribution >= 4 is 34.2 Å². The summed E-state index contributed by atoms with van der Waals surface area (Å²) in [5, 5.41) is 4.90. The van der Waals surface area contributed by atoms with Gasteiger partial charge in [-0.05, 0) is 53.6 Å². The van der Waals surface area contributed by atoms with Gasteiger partial charge < -0.3 is 10.1 Å². The van der Waals surface area contributed by atoms with Crippen molar-refractivity contribution in [3.63, 3.8) is 0 Å². The number of nitrogens with one attached hydrogen (secondary N) is 1. The number of methoxy groups -OCH3 is 1. The van der Waals surface area contributed by atoms with Gasteiger partial charge in [-0.3, -0.25) is 19.3 Å². The minimum absolute atomic E-state index is 0.192. The van der Waals surface area contributed by atoms with E-state index in [2.05, 4.69) is 5.32 Å². The minimum Gasteiger partial charge on any atom is -0.497 e. The van der Waals surface area contributed by atoms with E-state index in [-0.39, 0.29) is 17.7 Å². The molecule has 0 fully saturated rings. The van der Waals surface area contributed by atoms with Gasteiger partial charge in [0.2, 0.25) is 5.91 Å². The summed E-state index contributed by atoms with van der Waals surface area (Å²) in [6.07, 6.45) is 0. The third-order valence-corrected chi connectivity index (χ3v) is 5.32. The van der Waals surface area contributed by atoms with E-state index in [9.17, 15) is 14.4 Å². The molecule has 1 atom stereocenters. The molecule has 0 radical (unpaired) electrons. The molecular weight excluding hydrogens is 368 g/mol. The van der Waals surface area contributed by atoms with Crippen molar-refractivity contribution in [2.75, 3.05) is 19.5 Å². The molecule has 6 heteroatoms. The molecule has 0 aliphatic carbocycles. The number of benzene rings is 3. The molecule has 0 saturated heterocycles. The maximum absolute atomic E-state index is 12.8. The highest BCUT2D eigenvalue weighted by Gasteiger charge is 2.32. The summed E-state index contributed by atoms with van der Waals surface area (Å²) < 4.78 is 5.24. The maximum Gasteiger partial charge on any atom is 0.261 e. The van der Waals surface area contributed by atoms with Crippen LogP contribution in [0.5, 0.6) is 5.75 Å². The van der Waals surface area contributed by atoms with Crippen LogP contribution < -0.4 is 10.1 Å². The summed E-state index contributed by atoms with van der Waals surface area (Å²) in [5.41, 5.74) is 2.03. The molecule has 3 amide bonds. The highest BCUT2D eigenvalue weighted by atomic mass is 16.5. The molecule has 0 bridgehead atoms. The summed E-state index contributed by atoms with van der Waals surface area (Å²) in [4.78, 5) is 38.0. The summed E-state index contributed by atoms with van der Waals surface area (Å²) >= 11 is 0. The number of carbonyl (C=O) groups is 3. The predicted octanol–water partition coefficient (Wildman–Crippen LogP) is 3.82. The van der Waals surface area contributed by atoms with E-state index in [1.807, 2.05) is 43.3 Å². The van der Waals surface area contributed by atoms with Crippen molar-refractivity contribution < 1.29 is 19.1 Å². The lowest BCUT2D eigenvalue weighted by atomic mass is 9.97. The Morgan fingerprint density at radius 1 is 0.931 bits per heavy atom. The fourth-order valence-corrected chi connectivity index (χ4v) is 3.48. The number of rotatable bonds is 4. The Hall–Kier alpha value is -3.67. The van der Waals surface area contributed by atoms with Crippen LogP contribution in [-0.2, 0) is 4.79 Å². The Balaban J connectivity index is 1.55. The first-order valence-electron chi connectivity index (χ1n) is 9.24. The van der Waals surface area contributed by atoms with Crippen LogP contribution >= 0.6 is 0 Å². The quantitative estimate of drug-likeness (QED) is 0.690. The number of hydrogen-bond donors (Lipinski definition) is 1. The molecule has 0 saturated carbocycles. The zero-order valence-electron chi connectivity index (χ0n) is 16.4. The van der Waals surface area contributed by atoms with E-state index in [0.717, 1.165) is 27.0 Å². The Morgan fingerprint density at radius 3 is 2.38 bits per heavy atom. The van der Waals surface area contributed by atoms with E-state index in [4.69, 9.17) is 4.74 Å². The molecule has 6 nitrogen and oxygen atoms in total. The van der Waals surface area contributed by atoms with Crippen LogP contribution in [0.25, 0.3) is 10.8 Å². The molecule has 3 aromatic rings. The average molecular weight is 388 g/mol. The Bertz CT molecular complexity index is 1170. The predicted molar refractivity (Wildman–Crippen MR) is 110 cm³/mol. The smallest absolute Gasteiger partial charge is 0.261 e. The van der Waals surface area contributed by atoms with Crippen molar-refractivity contribution in [2.45, 2.75) is 12.8 Å². The van der Waals surface area contributed by atoms with E-state index < -0.39 is 5.92 Å². The van der Waals surface area contributed by atoms with Crippen LogP contribution in [0.2, 0.25) is 0 Å². The molecular formula is C23H20N2O4. The van der Waals surface area contributed by atoms with Crippen molar-refractivity contribution in [1.29, 1.82) is 0 Å². The first-order valence-corrected chi connectivity index (χ1v) is 9.24. The minimum atomic E-state index is -0.394. The van der Waals surface area contributed by atoms with Gasteiger partial charge in [-0.1, -0.05) is 24.3 Å². The zero-order valence-corrected chi connectivity index (χ0v) is 16.4. The van der Waals surface area contributed by atoms with Crippen molar-refractivity contribution in [1.82, 2.24) is 4.90 Å². The largest absolute Gasteiger partial charge is 0.497 e. The topological polar surface area (TPSA) is 75.7 Å². The van der Waals surface area contributed by atoms with Gasteiger partial charge in [0.05, 0.1) is 24.2 Å². The van der Waals surface area contributed by atoms with Crippen LogP contribution in [0.15, 0.2) is 54.6 Å². The number of carbonyl (C=O) groups excluding carboxylic acids is 3. The zero-order chi connectivity index (χ0) is 20.7. The summed E-state index contributed by atoms with van der Waals surface area (Å²) in [6, 6.07) is 16.4. The van der Waals surface area contributed by atoms with Gasteiger partial charge in [-0.25, -0.2) is 0 Å². The van der Waals surface area contributed by atoms with Crippen LogP contribution in [0, 0.1) is 0 Å². The lowest BCUT2D eigenvalue weighted by Crippen LogP contribution is -2.24. The standard InChI is InChI=1S/C23H20N2O4/c1-13(14-4-5-16-11-18(29-3)8-6-15(16)10-14)21(26)24-17-7-9-19-20(12-17)23(28)25(2)22(19)27/h4-13H,1-3H3,(H,24,26)/t13-/m0/s1. The number of nitrogens with zero attached hydrogens (tertiary/aromatic N) is 1. The van der Waals surface area contributed by atoms with E-state index >= 15 is 0 Å². The monoisotopic (exact) mass is 388 g/mol. The molecule has 0 spiro atoms. The van der Waals surface area contributed by atoms with Crippen molar-refractivity contribution in [3.05, 3.63) is 71.3 Å². The molecule has 0 unspecified atom stereocenters. The molecule has 1 aliphatic heterocycles.